The van der Waals surface area contributed by atoms with Crippen molar-refractivity contribution in [3.63, 3.8) is 0 Å². The first-order valence-corrected chi connectivity index (χ1v) is 51.1. The van der Waals surface area contributed by atoms with Gasteiger partial charge in [-0.1, -0.05) is 74.7 Å². The normalized spacial score (nSPS) is 21.2. The van der Waals surface area contributed by atoms with E-state index in [0.29, 0.717) is 128 Å². The van der Waals surface area contributed by atoms with Crippen molar-refractivity contribution in [2.24, 2.45) is 23.1 Å². The van der Waals surface area contributed by atoms with Gasteiger partial charge < -0.3 is 114 Å². The van der Waals surface area contributed by atoms with Crippen LogP contribution in [0.2, 0.25) is 0 Å². The van der Waals surface area contributed by atoms with Crippen LogP contribution in [0, 0.1) is 5.92 Å². The van der Waals surface area contributed by atoms with Gasteiger partial charge in [0.25, 0.3) is 0 Å². The van der Waals surface area contributed by atoms with Gasteiger partial charge in [-0.2, -0.15) is 23.5 Å². The molecule has 7 rings (SSSR count). The van der Waals surface area contributed by atoms with Crippen LogP contribution in [0.4, 0.5) is 0 Å². The number of primary amides is 2. The van der Waals surface area contributed by atoms with Crippen LogP contribution < -0.4 is 59.7 Å². The maximum absolute atomic E-state index is 15.7. The Labute approximate surface area is 830 Å². The van der Waals surface area contributed by atoms with Gasteiger partial charge in [0.05, 0.1) is 77.1 Å². The summed E-state index contributed by atoms with van der Waals surface area (Å²) >= 11 is 2.40. The van der Waals surface area contributed by atoms with Gasteiger partial charge in [-0.15, -0.1) is 0 Å². The first-order valence-electron chi connectivity index (χ1n) is 48.8. The van der Waals surface area contributed by atoms with E-state index in [4.69, 9.17) is 31.4 Å². The van der Waals surface area contributed by atoms with Crippen LogP contribution in [0.5, 0.6) is 0 Å². The molecule has 0 radical (unpaired) electrons. The number of fused-ring (bicyclic) bond motifs is 4. The molecule has 2 bridgehead atoms. The lowest BCUT2D eigenvalue weighted by Crippen LogP contribution is -2.61. The van der Waals surface area contributed by atoms with Gasteiger partial charge in [-0.25, -0.2) is 0 Å². The van der Waals surface area contributed by atoms with E-state index in [-0.39, 0.29) is 191 Å². The molecule has 4 saturated heterocycles. The van der Waals surface area contributed by atoms with Crippen molar-refractivity contribution in [1.29, 1.82) is 0 Å². The first-order chi connectivity index (χ1) is 67.6. The molecule has 786 valence electrons. The third-order valence-electron chi connectivity index (χ3n) is 24.7. The fourth-order valence-corrected chi connectivity index (χ4v) is 19.1. The Balaban J connectivity index is 1.17. The number of aliphatic carboxylic acids is 4. The average molecular weight is 2020 g/mol. The molecule has 5 heterocycles. The summed E-state index contributed by atoms with van der Waals surface area (Å²) in [6.07, 6.45) is 1.02. The summed E-state index contributed by atoms with van der Waals surface area (Å²) in [6, 6.07) is 2.18. The molecular weight excluding hydrogens is 1880 g/mol. The number of carbonyl (C=O) groups is 18. The number of benzene rings is 2. The lowest BCUT2D eigenvalue weighted by molar-refractivity contribution is -0.148. The summed E-state index contributed by atoms with van der Waals surface area (Å²) in [4.78, 5) is 260. The van der Waals surface area contributed by atoms with Crippen molar-refractivity contribution in [2.45, 2.75) is 215 Å². The number of aliphatic hydroxyl groups excluding tert-OH is 1. The van der Waals surface area contributed by atoms with E-state index >= 15 is 19.2 Å². The summed E-state index contributed by atoms with van der Waals surface area (Å²) in [5, 5.41) is 72.1. The lowest BCUT2D eigenvalue weighted by Gasteiger charge is -2.37. The van der Waals surface area contributed by atoms with Crippen LogP contribution in [0.25, 0.3) is 0 Å². The van der Waals surface area contributed by atoms with Crippen molar-refractivity contribution in [2.75, 3.05) is 189 Å². The monoisotopic (exact) mass is 2020 g/mol. The van der Waals surface area contributed by atoms with Crippen LogP contribution in [-0.4, -0.2) is 414 Å². The van der Waals surface area contributed by atoms with Crippen LogP contribution >= 0.6 is 23.5 Å². The highest BCUT2D eigenvalue weighted by molar-refractivity contribution is 7.98. The highest BCUT2D eigenvalue weighted by Gasteiger charge is 2.46. The molecule has 0 spiro atoms. The van der Waals surface area contributed by atoms with Crippen molar-refractivity contribution in [3.05, 3.63) is 70.8 Å². The minimum atomic E-state index is -1.83. The summed E-state index contributed by atoms with van der Waals surface area (Å²) in [5.74, 6) is -16.6. The van der Waals surface area contributed by atoms with Gasteiger partial charge in [0.2, 0.25) is 76.8 Å². The lowest BCUT2D eigenvalue weighted by atomic mass is 9.94. The second kappa shape index (κ2) is 64.1. The Bertz CT molecular complexity index is 4400. The second-order valence-corrected chi connectivity index (χ2v) is 38.2. The molecule has 10 atom stereocenters. The third kappa shape index (κ3) is 44.4. The Kier molecular flexibility index (Phi) is 53.4. The molecule has 47 heteroatoms. The van der Waals surface area contributed by atoms with E-state index in [1.807, 2.05) is 30.0 Å². The number of ketones is 1. The number of thioether (sulfide) groups is 2. The summed E-state index contributed by atoms with van der Waals surface area (Å²) < 4.78 is 16.8. The molecule has 5 aliphatic heterocycles. The predicted octanol–water partition coefficient (Wildman–Crippen LogP) is -2.85. The largest absolute Gasteiger partial charge is 0.481 e. The Morgan fingerprint density at radius 1 is 0.518 bits per heavy atom. The quantitative estimate of drug-likeness (QED) is 0.0297. The minimum absolute atomic E-state index is 0.00839. The number of amides is 13. The number of nitrogens with one attached hydrogen (secondary N) is 8. The molecule has 4 fully saturated rings. The van der Waals surface area contributed by atoms with Crippen molar-refractivity contribution < 1.29 is 126 Å². The molecule has 0 unspecified atom stereocenters. The van der Waals surface area contributed by atoms with Crippen LogP contribution in [0.15, 0.2) is 48.5 Å². The standard InChI is InChI=1S/C94H147N19O26S2/c1-3-4-17-69(100-80(119)24-23-79(118)99-27-14-43-138-45-47-139-46-44-137-42-13-26-98-78(117)20-9-6-10-25-95)89(131)104-73-62-141-60-67-49-65(54-106-38-40-111(41-39-106)81(120)55-107-30-32-108(56-83(123)124)34-36-110(58-85(127)128)37-35-109(33-31-107)57-84(125)126)48-66(50-67)59-140-61-68(88(130)103-72(87(97)129)53-82(121)122)52-76(115)71(51-64-15-7-5-8-16-64)102-90(132)70(21-22-77(96)116)101-92(134)86(63(2)114)105-91(133)74-18-11-28-112(74)94(136)75-19-12-29-113(75)93(73)135/h5,7-8,15-16,48-50,63,68-75,86,114H,3-4,6,9-14,17-47,51-62,95H2,1-2H3,(H2,96,116)(H2,97,129)(H,98,117)(H,99,118)(H,100,119)(H,101,134)(H,102,132)(H,103,130)(H,104,131)(H,105,133)(H,121,122)(H,123,124)(H,125,126)(H,127,128)/t63-,68+,69+,70+,71+,72+,73+,74+,75+,86+/m1/s1. The number of hydrogen-bond donors (Lipinski definition) is 16. The highest BCUT2D eigenvalue weighted by atomic mass is 32.2. The Morgan fingerprint density at radius 2 is 1.04 bits per heavy atom. The average Bonchev–Trinajstić information content (AvgIpc) is 1.66. The molecule has 0 aromatic heterocycles. The van der Waals surface area contributed by atoms with E-state index in [2.05, 4.69) is 47.4 Å². The number of ether oxygens (including phenoxy) is 3. The van der Waals surface area contributed by atoms with Gasteiger partial charge in [-0.05, 0) is 106 Å². The number of carboxylic acids is 4. The van der Waals surface area contributed by atoms with Gasteiger partial charge in [-0.3, -0.25) is 111 Å². The van der Waals surface area contributed by atoms with E-state index in [9.17, 15) is 92.7 Å². The molecule has 141 heavy (non-hydrogen) atoms. The molecule has 19 N–H and O–H groups in total. The second-order valence-electron chi connectivity index (χ2n) is 36.1. The third-order valence-corrected chi connectivity index (χ3v) is 27.0. The number of nitrogens with two attached hydrogens (primary N) is 3. The maximum Gasteiger partial charge on any atom is 0.317 e. The SMILES string of the molecule is CCCC[C@H](NC(=O)CCC(=O)NCCCOCCOCCOCCCNC(=O)CCCCCN)C(=O)N[C@H]1CSCc2cc(cc(CN3CCN(C(=O)CN4CCN(CC(=O)O)CCN(CC(=O)O)CCN(CC(=O)O)CC4)CC3)c2)CSC[C@@H](C(=O)N[C@@H](CC(=O)O)C(N)=O)CC(=O)[C@H](Cc2ccccc2)NC(=O)[C@H](CCC(N)=O)NC(=O)[C@H]([C@@H](C)O)NC(=O)[C@@H]2CCCN2C(=O)[C@@H]2CCCN2C1=O. The zero-order chi connectivity index (χ0) is 103. The maximum atomic E-state index is 15.7. The van der Waals surface area contributed by atoms with Gasteiger partial charge in [0.1, 0.15) is 42.3 Å². The molecule has 13 amide bonds. The van der Waals surface area contributed by atoms with Crippen molar-refractivity contribution >= 4 is 130 Å². The van der Waals surface area contributed by atoms with Gasteiger partial charge in [0, 0.05) is 180 Å². The minimum Gasteiger partial charge on any atom is -0.481 e. The number of hydrogen-bond acceptors (Lipinski definition) is 30. The number of nitrogens with zero attached hydrogens (tertiary/aromatic N) is 8. The fourth-order valence-electron chi connectivity index (χ4n) is 17.1. The van der Waals surface area contributed by atoms with Crippen LogP contribution in [0.1, 0.15) is 158 Å². The fraction of sp³-hybridized carbons (Fsp3) is 0.681. The van der Waals surface area contributed by atoms with Gasteiger partial charge >= 0.3 is 23.9 Å². The smallest absolute Gasteiger partial charge is 0.317 e. The number of aliphatic hydroxyl groups is 1. The summed E-state index contributed by atoms with van der Waals surface area (Å²) in [7, 11) is 0. The highest BCUT2D eigenvalue weighted by Crippen LogP contribution is 2.30. The number of unbranched alkanes of at least 4 members (excludes halogenated alkanes) is 3. The Morgan fingerprint density at radius 3 is 1.58 bits per heavy atom. The van der Waals surface area contributed by atoms with Crippen LogP contribution in [0.3, 0.4) is 0 Å². The van der Waals surface area contributed by atoms with Crippen molar-refractivity contribution in [3.8, 4) is 0 Å². The predicted molar refractivity (Wildman–Crippen MR) is 519 cm³/mol. The van der Waals surface area contributed by atoms with Gasteiger partial charge in [0.15, 0.2) is 5.78 Å². The topological polar surface area (TPSA) is 636 Å². The molecule has 2 aromatic rings. The Hall–Kier alpha value is -10.6. The molecular formula is C94H147N19O26S2. The molecule has 0 saturated carbocycles. The van der Waals surface area contributed by atoms with E-state index in [1.54, 1.807) is 49.9 Å². The van der Waals surface area contributed by atoms with E-state index in [0.717, 1.165) is 24.8 Å². The van der Waals surface area contributed by atoms with Crippen molar-refractivity contribution in [1.82, 2.24) is 81.7 Å². The van der Waals surface area contributed by atoms with E-state index in [1.165, 1.54) is 40.2 Å². The zero-order valence-electron chi connectivity index (χ0n) is 81.1. The number of rotatable bonds is 49. The summed E-state index contributed by atoms with van der Waals surface area (Å²) in [5.41, 5.74) is 19.4. The first kappa shape index (κ1) is 117. The molecule has 5 aliphatic rings. The number of piperazine rings is 1. The summed E-state index contributed by atoms with van der Waals surface area (Å²) in [6.45, 7) is 8.49. The van der Waals surface area contributed by atoms with Crippen LogP contribution in [-0.2, 0) is 125 Å². The number of carbonyl (C=O) groups excluding carboxylic acids is 14. The molecule has 2 aromatic carbocycles. The number of carboxylic acid groups (broad SMARTS) is 4. The number of Topliss-reactive ketones (excluding diaryl/α,β-unsaturated/α-hetero) is 1. The van der Waals surface area contributed by atoms with E-state index < -0.39 is 181 Å². The molecule has 0 aliphatic carbocycles. The zero-order valence-corrected chi connectivity index (χ0v) is 82.7. The molecule has 45 nitrogen and oxygen atoms in total.